The number of carbonyl (C=O) groups excluding carboxylic acids is 1. The molecule has 30 heavy (non-hydrogen) atoms. The number of hydrogen-bond donors (Lipinski definition) is 1. The van der Waals surface area contributed by atoms with Gasteiger partial charge >= 0.3 is 0 Å². The number of methoxy groups -OCH3 is 1. The van der Waals surface area contributed by atoms with Crippen molar-refractivity contribution in [3.05, 3.63) is 53.4 Å². The van der Waals surface area contributed by atoms with Gasteiger partial charge in [0.15, 0.2) is 0 Å². The van der Waals surface area contributed by atoms with Crippen LogP contribution in [0.4, 0.5) is 0 Å². The van der Waals surface area contributed by atoms with E-state index in [9.17, 15) is 13.2 Å². The molecule has 9 nitrogen and oxygen atoms in total. The first-order valence-electron chi connectivity index (χ1n) is 8.72. The van der Waals surface area contributed by atoms with Gasteiger partial charge in [-0.1, -0.05) is 6.07 Å². The largest absolute Gasteiger partial charge is 0.495 e. The third kappa shape index (κ3) is 3.35. The van der Waals surface area contributed by atoms with Gasteiger partial charge in [0.1, 0.15) is 11.6 Å². The smallest absolute Gasteiger partial charge is 0.283 e. The highest BCUT2D eigenvalue weighted by atomic mass is 32.2. The van der Waals surface area contributed by atoms with Gasteiger partial charge in [0.25, 0.3) is 5.91 Å². The fraction of sp³-hybridized carbons (Fsp3) is 0.158. The fourth-order valence-corrected chi connectivity index (χ4v) is 4.95. The lowest BCUT2D eigenvalue weighted by molar-refractivity contribution is -0.114. The summed E-state index contributed by atoms with van der Waals surface area (Å²) in [5.74, 6) is -0.278. The summed E-state index contributed by atoms with van der Waals surface area (Å²) in [4.78, 5) is 17.6. The van der Waals surface area contributed by atoms with Gasteiger partial charge in [-0.15, -0.1) is 0 Å². The van der Waals surface area contributed by atoms with Crippen molar-refractivity contribution >= 4 is 49.9 Å². The van der Waals surface area contributed by atoms with Crippen molar-refractivity contribution in [2.24, 2.45) is 9.39 Å². The molecule has 0 radical (unpaired) electrons. The van der Waals surface area contributed by atoms with Crippen LogP contribution in [0.2, 0.25) is 0 Å². The summed E-state index contributed by atoms with van der Waals surface area (Å²) < 4.78 is 35.2. The molecule has 0 unspecified atom stereocenters. The zero-order valence-electron chi connectivity index (χ0n) is 16.3. The molecule has 1 aromatic carbocycles. The zero-order chi connectivity index (χ0) is 21.6. The van der Waals surface area contributed by atoms with Gasteiger partial charge in [0.05, 0.1) is 30.3 Å². The first kappa shape index (κ1) is 20.1. The average molecular weight is 444 g/mol. The van der Waals surface area contributed by atoms with Crippen LogP contribution in [-0.2, 0) is 14.6 Å². The summed E-state index contributed by atoms with van der Waals surface area (Å²) in [5, 5.41) is 8.21. The molecule has 0 saturated heterocycles. The first-order valence-corrected chi connectivity index (χ1v) is 11.4. The summed E-state index contributed by atoms with van der Waals surface area (Å²) in [7, 11) is -2.13. The third-order valence-electron chi connectivity index (χ3n) is 4.49. The van der Waals surface area contributed by atoms with E-state index in [1.54, 1.807) is 19.2 Å². The minimum Gasteiger partial charge on any atom is -0.495 e. The molecule has 0 saturated carbocycles. The number of sulfone groups is 1. The quantitative estimate of drug-likeness (QED) is 0.575. The maximum Gasteiger partial charge on any atom is 0.283 e. The molecule has 2 aromatic rings. The van der Waals surface area contributed by atoms with Crippen LogP contribution in [0.3, 0.4) is 0 Å². The number of nitrogens with one attached hydrogen (secondary N) is 1. The Balaban J connectivity index is 1.81. The summed E-state index contributed by atoms with van der Waals surface area (Å²) in [6, 6.07) is 9.30. The van der Waals surface area contributed by atoms with Crippen molar-refractivity contribution in [1.29, 1.82) is 5.41 Å². The molecule has 4 rings (SSSR count). The highest BCUT2D eigenvalue weighted by Crippen LogP contribution is 2.31. The van der Waals surface area contributed by atoms with E-state index < -0.39 is 15.7 Å². The molecule has 2 aliphatic heterocycles. The van der Waals surface area contributed by atoms with Crippen LogP contribution in [0.1, 0.15) is 11.3 Å². The van der Waals surface area contributed by atoms with Crippen molar-refractivity contribution in [3.8, 4) is 11.4 Å². The van der Waals surface area contributed by atoms with E-state index in [1.807, 2.05) is 35.9 Å². The molecule has 0 spiro atoms. The molecule has 11 heteroatoms. The fourth-order valence-electron chi connectivity index (χ4n) is 3.10. The number of nitrogens with zero attached hydrogens (tertiary/aromatic N) is 4. The minimum atomic E-state index is -3.70. The topological polar surface area (TPSA) is 117 Å². The zero-order valence-corrected chi connectivity index (χ0v) is 17.9. The van der Waals surface area contributed by atoms with E-state index in [0.29, 0.717) is 11.4 Å². The van der Waals surface area contributed by atoms with Crippen LogP contribution in [0.5, 0.6) is 5.75 Å². The molecule has 1 N–H and O–H groups in total. The van der Waals surface area contributed by atoms with Gasteiger partial charge < -0.3 is 9.30 Å². The number of rotatable bonds is 3. The first-order chi connectivity index (χ1) is 14.2. The molecule has 0 fully saturated rings. The van der Waals surface area contributed by atoms with Crippen molar-refractivity contribution < 1.29 is 17.9 Å². The molecule has 0 aliphatic carbocycles. The lowest BCUT2D eigenvalue weighted by Crippen LogP contribution is -2.45. The van der Waals surface area contributed by atoms with E-state index in [2.05, 4.69) is 9.39 Å². The molecule has 2 aliphatic rings. The number of aryl methyl sites for hydroxylation is 1. The summed E-state index contributed by atoms with van der Waals surface area (Å²) in [5.41, 5.74) is 2.36. The summed E-state index contributed by atoms with van der Waals surface area (Å²) in [6.07, 6.45) is 4.32. The maximum atomic E-state index is 12.6. The molecule has 1 aromatic heterocycles. The van der Waals surface area contributed by atoms with Crippen LogP contribution in [0, 0.1) is 12.3 Å². The number of amidine groups is 3. The van der Waals surface area contributed by atoms with Crippen LogP contribution in [0.25, 0.3) is 11.8 Å². The Morgan fingerprint density at radius 1 is 1.27 bits per heavy atom. The second-order valence-electron chi connectivity index (χ2n) is 6.66. The van der Waals surface area contributed by atoms with Crippen molar-refractivity contribution in [3.63, 3.8) is 0 Å². The predicted molar refractivity (Wildman–Crippen MR) is 117 cm³/mol. The highest BCUT2D eigenvalue weighted by molar-refractivity contribution is 8.16. The molecule has 1 amide bonds. The normalized spacial score (nSPS) is 17.8. The predicted octanol–water partition coefficient (Wildman–Crippen LogP) is 2.42. The van der Waals surface area contributed by atoms with Crippen molar-refractivity contribution in [1.82, 2.24) is 9.47 Å². The van der Waals surface area contributed by atoms with Gasteiger partial charge in [-0.25, -0.2) is 13.3 Å². The molecular weight excluding hydrogens is 426 g/mol. The number of aromatic nitrogens is 1. The summed E-state index contributed by atoms with van der Waals surface area (Å²) in [6.45, 7) is 1.96. The second kappa shape index (κ2) is 7.26. The Hall–Kier alpha value is -3.18. The van der Waals surface area contributed by atoms with E-state index >= 15 is 0 Å². The lowest BCUT2D eigenvalue weighted by Gasteiger charge is -2.24. The Morgan fingerprint density at radius 3 is 2.73 bits per heavy atom. The van der Waals surface area contributed by atoms with E-state index in [0.717, 1.165) is 34.4 Å². The number of carbonyl (C=O) groups is 1. The molecule has 0 atom stereocenters. The molecule has 0 bridgehead atoms. The summed E-state index contributed by atoms with van der Waals surface area (Å²) >= 11 is 0.759. The lowest BCUT2D eigenvalue weighted by atomic mass is 10.1. The number of aliphatic imine (C=N–C) groups is 1. The number of benzene rings is 1. The SMILES string of the molecule is COc1ccc(C)cc1-n1cccc1/C=C1/C(=N)N2C(=NC1=O)SN=C2S(C)(=O)=O. The van der Waals surface area contributed by atoms with Crippen molar-refractivity contribution in [2.45, 2.75) is 6.92 Å². The van der Waals surface area contributed by atoms with Crippen molar-refractivity contribution in [2.75, 3.05) is 13.4 Å². The Morgan fingerprint density at radius 2 is 2.03 bits per heavy atom. The van der Waals surface area contributed by atoms with E-state index in [1.165, 1.54) is 6.08 Å². The van der Waals surface area contributed by atoms with Gasteiger partial charge in [-0.2, -0.15) is 9.39 Å². The third-order valence-corrected chi connectivity index (χ3v) is 6.25. The highest BCUT2D eigenvalue weighted by Gasteiger charge is 2.41. The van der Waals surface area contributed by atoms with E-state index in [-0.39, 0.29) is 21.7 Å². The molecular formula is C19H17N5O4S2. The van der Waals surface area contributed by atoms with Gasteiger partial charge in [0, 0.05) is 18.1 Å². The van der Waals surface area contributed by atoms with Crippen LogP contribution in [0.15, 0.2) is 51.5 Å². The van der Waals surface area contributed by atoms with Crippen LogP contribution in [-0.4, -0.2) is 53.3 Å². The minimum absolute atomic E-state index is 0.0378. The van der Waals surface area contributed by atoms with Gasteiger partial charge in [0.2, 0.25) is 20.2 Å². The van der Waals surface area contributed by atoms with Gasteiger partial charge in [-0.05, 0) is 42.8 Å². The number of amides is 1. The standard InChI is InChI=1S/C19H17N5O4S2/c1-11-6-7-15(28-2)14(9-11)23-8-4-5-12(23)10-13-16(20)24-18(21-17(13)25)29-22-19(24)30(3,26)27/h4-10,20H,1-3H3/b13-10-,20-16?. The molecule has 3 heterocycles. The number of fused-ring (bicyclic) bond motifs is 1. The molecule has 154 valence electrons. The Bertz CT molecular complexity index is 1290. The Kier molecular flexibility index (Phi) is 4.86. The van der Waals surface area contributed by atoms with Crippen LogP contribution >= 0.6 is 11.9 Å². The monoisotopic (exact) mass is 443 g/mol. The maximum absolute atomic E-state index is 12.6. The Labute approximate surface area is 177 Å². The number of hydrogen-bond acceptors (Lipinski definition) is 7. The van der Waals surface area contributed by atoms with Gasteiger partial charge in [-0.3, -0.25) is 10.2 Å². The average Bonchev–Trinajstić information content (AvgIpc) is 3.31. The van der Waals surface area contributed by atoms with E-state index in [4.69, 9.17) is 10.1 Å². The second-order valence-corrected chi connectivity index (χ2v) is 9.30. The number of ether oxygens (including phenoxy) is 1. The van der Waals surface area contributed by atoms with Crippen LogP contribution < -0.4 is 4.74 Å².